The van der Waals surface area contributed by atoms with Gasteiger partial charge in [0.1, 0.15) is 5.75 Å². The summed E-state index contributed by atoms with van der Waals surface area (Å²) in [6, 6.07) is 13.0. The number of hydrogen-bond donors (Lipinski definition) is 3. The number of benzene rings is 2. The van der Waals surface area contributed by atoms with E-state index in [9.17, 15) is 4.79 Å². The van der Waals surface area contributed by atoms with Gasteiger partial charge in [-0.25, -0.2) is 4.79 Å². The molecule has 0 saturated carbocycles. The smallest absolute Gasteiger partial charge is 0.335 e. The van der Waals surface area contributed by atoms with Crippen LogP contribution in [0.2, 0.25) is 0 Å². The lowest BCUT2D eigenvalue weighted by Gasteiger charge is -2.15. The third-order valence-electron chi connectivity index (χ3n) is 3.69. The Hall–Kier alpha value is -2.53. The Bertz CT molecular complexity index is 668. The Morgan fingerprint density at radius 1 is 1.22 bits per heavy atom. The van der Waals surface area contributed by atoms with E-state index in [1.807, 2.05) is 30.3 Å². The van der Waals surface area contributed by atoms with Crippen LogP contribution in [0.25, 0.3) is 0 Å². The van der Waals surface area contributed by atoms with Crippen LogP contribution in [-0.4, -0.2) is 24.2 Å². The highest BCUT2D eigenvalue weighted by Gasteiger charge is 2.07. The Balaban J connectivity index is 1.88. The van der Waals surface area contributed by atoms with E-state index in [1.165, 1.54) is 0 Å². The van der Waals surface area contributed by atoms with E-state index in [4.69, 9.17) is 15.6 Å². The molecule has 2 aromatic carbocycles. The minimum absolute atomic E-state index is 0.266. The fraction of sp³-hybridized carbons (Fsp3) is 0.278. The zero-order valence-corrected chi connectivity index (χ0v) is 13.4. The topological polar surface area (TPSA) is 84.6 Å². The van der Waals surface area contributed by atoms with Crippen LogP contribution in [-0.2, 0) is 13.0 Å². The summed E-state index contributed by atoms with van der Waals surface area (Å²) in [6.45, 7) is 2.79. The van der Waals surface area contributed by atoms with Gasteiger partial charge >= 0.3 is 5.97 Å². The molecule has 23 heavy (non-hydrogen) atoms. The first-order valence-corrected chi connectivity index (χ1v) is 7.47. The molecule has 5 nitrogen and oxygen atoms in total. The largest absolute Gasteiger partial charge is 0.495 e. The maximum absolute atomic E-state index is 10.8. The normalized spacial score (nSPS) is 11.9. The molecule has 4 N–H and O–H groups in total. The fourth-order valence-corrected chi connectivity index (χ4v) is 2.39. The number of nitrogens with two attached hydrogens (primary N) is 1. The van der Waals surface area contributed by atoms with E-state index in [0.717, 1.165) is 17.5 Å². The molecule has 0 aromatic heterocycles. The van der Waals surface area contributed by atoms with Crippen molar-refractivity contribution in [2.75, 3.05) is 12.8 Å². The number of ether oxygens (including phenoxy) is 1. The monoisotopic (exact) mass is 314 g/mol. The second kappa shape index (κ2) is 7.65. The van der Waals surface area contributed by atoms with Gasteiger partial charge in [0, 0.05) is 12.6 Å². The Labute approximate surface area is 136 Å². The molecule has 0 radical (unpaired) electrons. The number of methoxy groups -OCH3 is 1. The standard InChI is InChI=1S/C18H22N2O3/c1-12(9-14-5-8-17(23-2)16(19)10-14)20-11-13-3-6-15(7-4-13)18(21)22/h3-8,10,12,20H,9,11,19H2,1-2H3,(H,21,22). The van der Waals surface area contributed by atoms with Crippen LogP contribution >= 0.6 is 0 Å². The highest BCUT2D eigenvalue weighted by Crippen LogP contribution is 2.22. The molecule has 0 aliphatic carbocycles. The van der Waals surface area contributed by atoms with Crippen LogP contribution in [0.1, 0.15) is 28.4 Å². The molecule has 1 atom stereocenters. The number of nitrogens with one attached hydrogen (secondary N) is 1. The minimum atomic E-state index is -0.907. The SMILES string of the molecule is COc1ccc(CC(C)NCc2ccc(C(=O)O)cc2)cc1N. The second-order valence-electron chi connectivity index (χ2n) is 5.56. The molecule has 0 bridgehead atoms. The van der Waals surface area contributed by atoms with Gasteiger partial charge in [-0.15, -0.1) is 0 Å². The number of aromatic carboxylic acids is 1. The Morgan fingerprint density at radius 2 is 1.87 bits per heavy atom. The van der Waals surface area contributed by atoms with Crippen LogP contribution in [0.15, 0.2) is 42.5 Å². The van der Waals surface area contributed by atoms with E-state index in [2.05, 4.69) is 12.2 Å². The summed E-state index contributed by atoms with van der Waals surface area (Å²) in [6.07, 6.45) is 0.849. The molecule has 0 spiro atoms. The Kier molecular flexibility index (Phi) is 5.60. The molecule has 5 heteroatoms. The van der Waals surface area contributed by atoms with Crippen LogP contribution in [0, 0.1) is 0 Å². The molecule has 0 aliphatic heterocycles. The summed E-state index contributed by atoms with van der Waals surface area (Å²) in [4.78, 5) is 10.8. The third-order valence-corrected chi connectivity index (χ3v) is 3.69. The van der Waals surface area contributed by atoms with E-state index in [-0.39, 0.29) is 6.04 Å². The van der Waals surface area contributed by atoms with Crippen molar-refractivity contribution >= 4 is 11.7 Å². The van der Waals surface area contributed by atoms with Gasteiger partial charge in [-0.2, -0.15) is 0 Å². The van der Waals surface area contributed by atoms with Gasteiger partial charge < -0.3 is 20.9 Å². The first-order chi connectivity index (χ1) is 11.0. The number of hydrogen-bond acceptors (Lipinski definition) is 4. The van der Waals surface area contributed by atoms with Gasteiger partial charge in [0.25, 0.3) is 0 Å². The molecular weight excluding hydrogens is 292 g/mol. The number of anilines is 1. The molecular formula is C18H22N2O3. The lowest BCUT2D eigenvalue weighted by Crippen LogP contribution is -2.27. The molecule has 2 aromatic rings. The first-order valence-electron chi connectivity index (χ1n) is 7.47. The summed E-state index contributed by atoms with van der Waals surface area (Å²) in [5, 5.41) is 12.3. The van der Waals surface area contributed by atoms with Crippen LogP contribution in [0.5, 0.6) is 5.75 Å². The van der Waals surface area contributed by atoms with Crippen molar-refractivity contribution in [3.63, 3.8) is 0 Å². The van der Waals surface area contributed by atoms with Gasteiger partial charge in [-0.05, 0) is 48.7 Å². The molecule has 2 rings (SSSR count). The van der Waals surface area contributed by atoms with E-state index >= 15 is 0 Å². The van der Waals surface area contributed by atoms with Crippen LogP contribution < -0.4 is 15.8 Å². The Morgan fingerprint density at radius 3 is 2.43 bits per heavy atom. The van der Waals surface area contributed by atoms with Gasteiger partial charge in [0.2, 0.25) is 0 Å². The number of carboxylic acid groups (broad SMARTS) is 1. The number of carbonyl (C=O) groups is 1. The highest BCUT2D eigenvalue weighted by molar-refractivity contribution is 5.87. The van der Waals surface area contributed by atoms with E-state index in [1.54, 1.807) is 19.2 Å². The highest BCUT2D eigenvalue weighted by atomic mass is 16.5. The van der Waals surface area contributed by atoms with Crippen molar-refractivity contribution in [2.24, 2.45) is 0 Å². The number of carboxylic acids is 1. The van der Waals surface area contributed by atoms with Crippen molar-refractivity contribution in [3.8, 4) is 5.75 Å². The zero-order chi connectivity index (χ0) is 16.8. The lowest BCUT2D eigenvalue weighted by molar-refractivity contribution is 0.0697. The average Bonchev–Trinajstić information content (AvgIpc) is 2.53. The predicted octanol–water partition coefficient (Wildman–Crippen LogP) is 2.70. The van der Waals surface area contributed by atoms with Crippen molar-refractivity contribution in [1.82, 2.24) is 5.32 Å². The summed E-state index contributed by atoms with van der Waals surface area (Å²) in [5.74, 6) is -0.220. The van der Waals surface area contributed by atoms with E-state index in [0.29, 0.717) is 23.5 Å². The number of nitrogen functional groups attached to an aromatic ring is 1. The molecule has 0 amide bonds. The predicted molar refractivity (Wildman–Crippen MR) is 90.8 cm³/mol. The van der Waals surface area contributed by atoms with Gasteiger partial charge in [0.15, 0.2) is 0 Å². The average molecular weight is 314 g/mol. The van der Waals surface area contributed by atoms with Crippen LogP contribution in [0.3, 0.4) is 0 Å². The minimum Gasteiger partial charge on any atom is -0.495 e. The van der Waals surface area contributed by atoms with Crippen molar-refractivity contribution in [3.05, 3.63) is 59.2 Å². The lowest BCUT2D eigenvalue weighted by atomic mass is 10.1. The molecule has 1 unspecified atom stereocenters. The second-order valence-corrected chi connectivity index (χ2v) is 5.56. The van der Waals surface area contributed by atoms with Gasteiger partial charge in [-0.3, -0.25) is 0 Å². The van der Waals surface area contributed by atoms with E-state index < -0.39 is 5.97 Å². The summed E-state index contributed by atoms with van der Waals surface area (Å²) in [7, 11) is 1.60. The first kappa shape index (κ1) is 16.8. The molecule has 122 valence electrons. The zero-order valence-electron chi connectivity index (χ0n) is 13.4. The maximum atomic E-state index is 10.8. The molecule has 0 saturated heterocycles. The number of rotatable bonds is 7. The third kappa shape index (κ3) is 4.72. The summed E-state index contributed by atoms with van der Waals surface area (Å²) >= 11 is 0. The summed E-state index contributed by atoms with van der Waals surface area (Å²) < 4.78 is 5.15. The summed E-state index contributed by atoms with van der Waals surface area (Å²) in [5.41, 5.74) is 9.05. The molecule has 0 heterocycles. The quantitative estimate of drug-likeness (QED) is 0.684. The van der Waals surface area contributed by atoms with Crippen molar-refractivity contribution in [2.45, 2.75) is 25.9 Å². The van der Waals surface area contributed by atoms with Crippen molar-refractivity contribution < 1.29 is 14.6 Å². The maximum Gasteiger partial charge on any atom is 0.335 e. The van der Waals surface area contributed by atoms with Crippen LogP contribution in [0.4, 0.5) is 5.69 Å². The fourth-order valence-electron chi connectivity index (χ4n) is 2.39. The molecule has 0 fully saturated rings. The van der Waals surface area contributed by atoms with Crippen molar-refractivity contribution in [1.29, 1.82) is 0 Å². The van der Waals surface area contributed by atoms with Gasteiger partial charge in [0.05, 0.1) is 18.4 Å². The molecule has 0 aliphatic rings. The van der Waals surface area contributed by atoms with Gasteiger partial charge in [-0.1, -0.05) is 18.2 Å².